The van der Waals surface area contributed by atoms with Crippen LogP contribution in [0.15, 0.2) is 24.3 Å². The fourth-order valence-electron chi connectivity index (χ4n) is 1.72. The maximum Gasteiger partial charge on any atom is 0.187 e. The third-order valence-corrected chi connectivity index (χ3v) is 2.95. The van der Waals surface area contributed by atoms with Gasteiger partial charge < -0.3 is 5.11 Å². The summed E-state index contributed by atoms with van der Waals surface area (Å²) < 4.78 is 40.0. The zero-order valence-electron chi connectivity index (χ0n) is 11.9. The van der Waals surface area contributed by atoms with Gasteiger partial charge in [-0.2, -0.15) is 0 Å². The first-order valence-electron chi connectivity index (χ1n) is 6.35. The van der Waals surface area contributed by atoms with Gasteiger partial charge in [0.2, 0.25) is 0 Å². The summed E-state index contributed by atoms with van der Waals surface area (Å²) in [4.78, 5) is 0. The molecule has 2 aromatic carbocycles. The Hall–Kier alpha value is -1.97. The number of aromatic hydroxyl groups is 1. The fraction of sp³-hybridized carbons (Fsp3) is 0.250. The molecule has 0 saturated heterocycles. The van der Waals surface area contributed by atoms with Crippen LogP contribution in [0.25, 0.3) is 11.1 Å². The van der Waals surface area contributed by atoms with Crippen molar-refractivity contribution in [2.75, 3.05) is 0 Å². The minimum Gasteiger partial charge on any atom is -0.503 e. The Labute approximate surface area is 116 Å². The monoisotopic (exact) mass is 282 g/mol. The van der Waals surface area contributed by atoms with Crippen molar-refractivity contribution in [3.63, 3.8) is 0 Å². The van der Waals surface area contributed by atoms with Crippen molar-refractivity contribution in [1.29, 1.82) is 0 Å². The van der Waals surface area contributed by atoms with E-state index in [1.54, 1.807) is 19.9 Å². The first-order chi connectivity index (χ1) is 9.40. The van der Waals surface area contributed by atoms with Crippen LogP contribution in [0.1, 0.15) is 25.0 Å². The van der Waals surface area contributed by atoms with Gasteiger partial charge in [0.1, 0.15) is 5.82 Å². The number of aryl methyl sites for hydroxylation is 1. The lowest BCUT2D eigenvalue weighted by molar-refractivity contribution is 0.396. The first-order valence-corrected chi connectivity index (χ1v) is 6.35. The summed E-state index contributed by atoms with van der Waals surface area (Å²) in [5.41, 5.74) is 1.75. The second-order valence-electron chi connectivity index (χ2n) is 4.19. The van der Waals surface area contributed by atoms with E-state index in [0.29, 0.717) is 16.7 Å². The minimum absolute atomic E-state index is 0.185. The highest BCUT2D eigenvalue weighted by Crippen LogP contribution is 2.29. The minimum atomic E-state index is -1.07. The average molecular weight is 282 g/mol. The Morgan fingerprint density at radius 3 is 1.60 bits per heavy atom. The van der Waals surface area contributed by atoms with E-state index in [2.05, 4.69) is 0 Å². The molecular weight excluding hydrogens is 265 g/mol. The van der Waals surface area contributed by atoms with Gasteiger partial charge in [0.15, 0.2) is 17.4 Å². The highest BCUT2D eigenvalue weighted by atomic mass is 19.1. The highest BCUT2D eigenvalue weighted by molar-refractivity contribution is 5.66. The van der Waals surface area contributed by atoms with Crippen molar-refractivity contribution in [2.24, 2.45) is 0 Å². The summed E-state index contributed by atoms with van der Waals surface area (Å²) in [7, 11) is 0. The molecule has 0 amide bonds. The number of benzene rings is 2. The zero-order valence-corrected chi connectivity index (χ0v) is 11.9. The van der Waals surface area contributed by atoms with Crippen LogP contribution in [0.2, 0.25) is 0 Å². The van der Waals surface area contributed by atoms with Gasteiger partial charge in [0, 0.05) is 0 Å². The molecule has 0 spiro atoms. The van der Waals surface area contributed by atoms with Crippen molar-refractivity contribution in [1.82, 2.24) is 0 Å². The molecule has 0 unspecified atom stereocenters. The number of hydrogen-bond donors (Lipinski definition) is 1. The second kappa shape index (κ2) is 6.46. The van der Waals surface area contributed by atoms with Gasteiger partial charge in [-0.1, -0.05) is 19.9 Å². The van der Waals surface area contributed by atoms with Crippen LogP contribution in [0.5, 0.6) is 5.75 Å². The Morgan fingerprint density at radius 2 is 1.15 bits per heavy atom. The maximum atomic E-state index is 13.6. The second-order valence-corrected chi connectivity index (χ2v) is 4.19. The molecule has 1 N–H and O–H groups in total. The zero-order chi connectivity index (χ0) is 15.4. The normalized spacial score (nSPS) is 9.95. The van der Waals surface area contributed by atoms with Crippen LogP contribution in [-0.2, 0) is 0 Å². The summed E-state index contributed by atoms with van der Waals surface area (Å²) >= 11 is 0. The number of halogens is 3. The van der Waals surface area contributed by atoms with E-state index < -0.39 is 23.2 Å². The standard InChI is InChI=1S/C14H11F3O.C2H6/c1-7-3-9(4-11(15)8(7)2)10-5-12(16)14(18)13(17)6-10;1-2/h3-6,18H,1-2H3;1-2H3. The average Bonchev–Trinajstić information content (AvgIpc) is 2.43. The van der Waals surface area contributed by atoms with E-state index >= 15 is 0 Å². The Bertz CT molecular complexity index is 520. The van der Waals surface area contributed by atoms with E-state index in [1.165, 1.54) is 6.07 Å². The van der Waals surface area contributed by atoms with Gasteiger partial charge in [-0.25, -0.2) is 13.2 Å². The van der Waals surface area contributed by atoms with Crippen molar-refractivity contribution < 1.29 is 18.3 Å². The molecule has 0 fully saturated rings. The van der Waals surface area contributed by atoms with Crippen LogP contribution < -0.4 is 0 Å². The first kappa shape index (κ1) is 16.1. The van der Waals surface area contributed by atoms with Crippen molar-refractivity contribution in [2.45, 2.75) is 27.7 Å². The molecule has 0 radical (unpaired) electrons. The lowest BCUT2D eigenvalue weighted by atomic mass is 9.99. The molecular formula is C16H17F3O. The number of hydrogen-bond acceptors (Lipinski definition) is 1. The van der Waals surface area contributed by atoms with Gasteiger partial charge in [-0.15, -0.1) is 0 Å². The molecule has 0 aliphatic rings. The molecule has 0 aromatic heterocycles. The van der Waals surface area contributed by atoms with Gasteiger partial charge >= 0.3 is 0 Å². The molecule has 20 heavy (non-hydrogen) atoms. The smallest absolute Gasteiger partial charge is 0.187 e. The van der Waals surface area contributed by atoms with Gasteiger partial charge in [-0.05, 0) is 54.3 Å². The number of rotatable bonds is 1. The third-order valence-electron chi connectivity index (χ3n) is 2.95. The Balaban J connectivity index is 0.000000956. The molecule has 108 valence electrons. The maximum absolute atomic E-state index is 13.6. The number of phenols is 1. The molecule has 1 nitrogen and oxygen atoms in total. The predicted octanol–water partition coefficient (Wildman–Crippen LogP) is 5.12. The summed E-state index contributed by atoms with van der Waals surface area (Å²) in [5.74, 6) is -3.59. The molecule has 2 aromatic rings. The summed E-state index contributed by atoms with van der Waals surface area (Å²) in [6, 6.07) is 4.81. The summed E-state index contributed by atoms with van der Waals surface area (Å²) in [5, 5.41) is 9.01. The summed E-state index contributed by atoms with van der Waals surface area (Å²) in [6.45, 7) is 7.35. The molecule has 0 saturated carbocycles. The Kier molecular flexibility index (Phi) is 5.19. The quantitative estimate of drug-likeness (QED) is 0.769. The van der Waals surface area contributed by atoms with E-state index in [4.69, 9.17) is 5.11 Å². The van der Waals surface area contributed by atoms with Gasteiger partial charge in [0.25, 0.3) is 0 Å². The molecule has 4 heteroatoms. The van der Waals surface area contributed by atoms with Crippen LogP contribution in [0.4, 0.5) is 13.2 Å². The SMILES string of the molecule is CC.Cc1cc(-c2cc(F)c(O)c(F)c2)cc(F)c1C. The topological polar surface area (TPSA) is 20.2 Å². The van der Waals surface area contributed by atoms with E-state index in [1.807, 2.05) is 13.8 Å². The molecule has 0 bridgehead atoms. The van der Waals surface area contributed by atoms with Gasteiger partial charge in [0.05, 0.1) is 0 Å². The van der Waals surface area contributed by atoms with Crippen molar-refractivity contribution in [3.05, 3.63) is 52.8 Å². The lowest BCUT2D eigenvalue weighted by Crippen LogP contribution is -1.91. The Morgan fingerprint density at radius 1 is 0.750 bits per heavy atom. The third kappa shape index (κ3) is 3.13. The summed E-state index contributed by atoms with van der Waals surface area (Å²) in [6.07, 6.45) is 0. The van der Waals surface area contributed by atoms with Crippen LogP contribution in [0, 0.1) is 31.3 Å². The van der Waals surface area contributed by atoms with Crippen molar-refractivity contribution >= 4 is 0 Å². The molecule has 0 aliphatic heterocycles. The number of phenolic OH excluding ortho intramolecular Hbond substituents is 1. The van der Waals surface area contributed by atoms with Crippen molar-refractivity contribution in [3.8, 4) is 16.9 Å². The van der Waals surface area contributed by atoms with E-state index in [9.17, 15) is 13.2 Å². The molecule has 2 rings (SSSR count). The largest absolute Gasteiger partial charge is 0.503 e. The fourth-order valence-corrected chi connectivity index (χ4v) is 1.72. The lowest BCUT2D eigenvalue weighted by Gasteiger charge is -2.08. The predicted molar refractivity (Wildman–Crippen MR) is 74.2 cm³/mol. The molecule has 0 aliphatic carbocycles. The highest BCUT2D eigenvalue weighted by Gasteiger charge is 2.12. The van der Waals surface area contributed by atoms with Crippen LogP contribution in [-0.4, -0.2) is 5.11 Å². The molecule has 0 atom stereocenters. The van der Waals surface area contributed by atoms with Crippen LogP contribution in [0.3, 0.4) is 0 Å². The van der Waals surface area contributed by atoms with Gasteiger partial charge in [-0.3, -0.25) is 0 Å². The van der Waals surface area contributed by atoms with E-state index in [-0.39, 0.29) is 5.56 Å². The molecule has 0 heterocycles. The van der Waals surface area contributed by atoms with E-state index in [0.717, 1.165) is 12.1 Å². The van der Waals surface area contributed by atoms with Crippen LogP contribution >= 0.6 is 0 Å².